The standard InChI is InChI=1S/C15H18N2O/c1-11-9-17-7-6-14(11)12-4-5-15(18-3)13(8-12)10-16-2/h4-9,16H,10H2,1-3H3. The van der Waals surface area contributed by atoms with Crippen molar-refractivity contribution in [3.63, 3.8) is 0 Å². The van der Waals surface area contributed by atoms with Crippen molar-refractivity contribution >= 4 is 0 Å². The van der Waals surface area contributed by atoms with Gasteiger partial charge in [0.25, 0.3) is 0 Å². The normalized spacial score (nSPS) is 10.4. The van der Waals surface area contributed by atoms with Gasteiger partial charge in [0.1, 0.15) is 5.75 Å². The van der Waals surface area contributed by atoms with E-state index in [9.17, 15) is 0 Å². The lowest BCUT2D eigenvalue weighted by molar-refractivity contribution is 0.408. The Morgan fingerprint density at radius 1 is 1.28 bits per heavy atom. The number of benzene rings is 1. The third-order valence-corrected chi connectivity index (χ3v) is 2.98. The summed E-state index contributed by atoms with van der Waals surface area (Å²) in [6.07, 6.45) is 3.71. The van der Waals surface area contributed by atoms with E-state index in [-0.39, 0.29) is 0 Å². The molecular formula is C15H18N2O. The van der Waals surface area contributed by atoms with E-state index in [1.807, 2.05) is 31.6 Å². The summed E-state index contributed by atoms with van der Waals surface area (Å²) in [5, 5.41) is 3.16. The lowest BCUT2D eigenvalue weighted by Gasteiger charge is -2.11. The van der Waals surface area contributed by atoms with Crippen LogP contribution in [0.5, 0.6) is 5.75 Å². The smallest absolute Gasteiger partial charge is 0.123 e. The van der Waals surface area contributed by atoms with E-state index in [0.29, 0.717) is 0 Å². The molecule has 0 spiro atoms. The first-order valence-corrected chi connectivity index (χ1v) is 5.98. The van der Waals surface area contributed by atoms with Crippen LogP contribution in [-0.2, 0) is 6.54 Å². The van der Waals surface area contributed by atoms with Gasteiger partial charge in [0.2, 0.25) is 0 Å². The average molecular weight is 242 g/mol. The monoisotopic (exact) mass is 242 g/mol. The van der Waals surface area contributed by atoms with Gasteiger partial charge in [-0.2, -0.15) is 0 Å². The number of rotatable bonds is 4. The van der Waals surface area contributed by atoms with Crippen LogP contribution in [0.15, 0.2) is 36.7 Å². The number of aromatic nitrogens is 1. The summed E-state index contributed by atoms with van der Waals surface area (Å²) in [7, 11) is 3.63. The molecule has 0 aliphatic heterocycles. The van der Waals surface area contributed by atoms with E-state index in [4.69, 9.17) is 4.74 Å². The molecule has 18 heavy (non-hydrogen) atoms. The molecule has 0 atom stereocenters. The van der Waals surface area contributed by atoms with Gasteiger partial charge in [0, 0.05) is 24.5 Å². The maximum Gasteiger partial charge on any atom is 0.123 e. The summed E-state index contributed by atoms with van der Waals surface area (Å²) in [6, 6.07) is 8.31. The van der Waals surface area contributed by atoms with Gasteiger partial charge in [0.15, 0.2) is 0 Å². The minimum atomic E-state index is 0.793. The highest BCUT2D eigenvalue weighted by Crippen LogP contribution is 2.28. The first-order valence-electron chi connectivity index (χ1n) is 5.98. The zero-order chi connectivity index (χ0) is 13.0. The topological polar surface area (TPSA) is 34.2 Å². The quantitative estimate of drug-likeness (QED) is 0.895. The summed E-state index contributed by atoms with van der Waals surface area (Å²) in [5.74, 6) is 0.916. The van der Waals surface area contributed by atoms with Gasteiger partial charge in [0.05, 0.1) is 7.11 Å². The Balaban J connectivity index is 2.47. The van der Waals surface area contributed by atoms with Crippen molar-refractivity contribution < 1.29 is 4.74 Å². The number of nitrogens with one attached hydrogen (secondary N) is 1. The Morgan fingerprint density at radius 3 is 2.78 bits per heavy atom. The van der Waals surface area contributed by atoms with Gasteiger partial charge >= 0.3 is 0 Å². The second kappa shape index (κ2) is 5.65. The van der Waals surface area contributed by atoms with E-state index >= 15 is 0 Å². The fraction of sp³-hybridized carbons (Fsp3) is 0.267. The van der Waals surface area contributed by atoms with Crippen molar-refractivity contribution in [1.29, 1.82) is 0 Å². The van der Waals surface area contributed by atoms with Crippen LogP contribution in [0.3, 0.4) is 0 Å². The van der Waals surface area contributed by atoms with Gasteiger partial charge in [-0.25, -0.2) is 0 Å². The molecule has 1 N–H and O–H groups in total. The zero-order valence-corrected chi connectivity index (χ0v) is 11.0. The van der Waals surface area contributed by atoms with Crippen LogP contribution in [0.4, 0.5) is 0 Å². The lowest BCUT2D eigenvalue weighted by atomic mass is 10.00. The third kappa shape index (κ3) is 2.51. The fourth-order valence-corrected chi connectivity index (χ4v) is 2.07. The molecule has 0 aliphatic rings. The van der Waals surface area contributed by atoms with Crippen molar-refractivity contribution in [2.24, 2.45) is 0 Å². The molecule has 0 saturated heterocycles. The molecule has 0 bridgehead atoms. The summed E-state index contributed by atoms with van der Waals surface area (Å²) >= 11 is 0. The SMILES string of the molecule is CNCc1cc(-c2ccncc2C)ccc1OC. The Kier molecular flexibility index (Phi) is 3.95. The van der Waals surface area contributed by atoms with E-state index < -0.39 is 0 Å². The number of nitrogens with zero attached hydrogens (tertiary/aromatic N) is 1. The molecule has 1 heterocycles. The molecule has 0 unspecified atom stereocenters. The molecule has 1 aromatic heterocycles. The summed E-state index contributed by atoms with van der Waals surface area (Å²) < 4.78 is 5.37. The molecule has 2 rings (SSSR count). The average Bonchev–Trinajstić information content (AvgIpc) is 2.40. The molecule has 3 nitrogen and oxygen atoms in total. The van der Waals surface area contributed by atoms with Crippen LogP contribution in [0.1, 0.15) is 11.1 Å². The molecule has 3 heteroatoms. The zero-order valence-electron chi connectivity index (χ0n) is 11.0. The molecule has 1 aromatic carbocycles. The van der Waals surface area contributed by atoms with Crippen LogP contribution in [-0.4, -0.2) is 19.1 Å². The number of aryl methyl sites for hydroxylation is 1. The Bertz CT molecular complexity index is 538. The van der Waals surface area contributed by atoms with Crippen molar-refractivity contribution in [2.45, 2.75) is 13.5 Å². The van der Waals surface area contributed by atoms with Crippen molar-refractivity contribution in [1.82, 2.24) is 10.3 Å². The largest absolute Gasteiger partial charge is 0.496 e. The third-order valence-electron chi connectivity index (χ3n) is 2.98. The molecule has 0 radical (unpaired) electrons. The van der Waals surface area contributed by atoms with Gasteiger partial charge in [-0.15, -0.1) is 0 Å². The van der Waals surface area contributed by atoms with Crippen LogP contribution in [0.2, 0.25) is 0 Å². The predicted octanol–water partition coefficient (Wildman–Crippen LogP) is 2.79. The van der Waals surface area contributed by atoms with Gasteiger partial charge < -0.3 is 10.1 Å². The summed E-state index contributed by atoms with van der Waals surface area (Å²) in [5.41, 5.74) is 4.75. The second-order valence-corrected chi connectivity index (χ2v) is 4.25. The molecule has 0 aliphatic carbocycles. The Hall–Kier alpha value is -1.87. The maximum absolute atomic E-state index is 5.37. The molecule has 94 valence electrons. The number of ether oxygens (including phenoxy) is 1. The van der Waals surface area contributed by atoms with Crippen molar-refractivity contribution in [2.75, 3.05) is 14.2 Å². The minimum Gasteiger partial charge on any atom is -0.496 e. The minimum absolute atomic E-state index is 0.793. The molecule has 2 aromatic rings. The fourth-order valence-electron chi connectivity index (χ4n) is 2.07. The molecular weight excluding hydrogens is 224 g/mol. The number of hydrogen-bond donors (Lipinski definition) is 1. The van der Waals surface area contributed by atoms with Crippen LogP contribution in [0, 0.1) is 6.92 Å². The van der Waals surface area contributed by atoms with E-state index in [2.05, 4.69) is 29.4 Å². The maximum atomic E-state index is 5.37. The summed E-state index contributed by atoms with van der Waals surface area (Å²) in [4.78, 5) is 4.13. The number of hydrogen-bond acceptors (Lipinski definition) is 3. The predicted molar refractivity (Wildman–Crippen MR) is 73.7 cm³/mol. The Labute approximate surface area is 108 Å². The lowest BCUT2D eigenvalue weighted by Crippen LogP contribution is -2.06. The van der Waals surface area contributed by atoms with Crippen molar-refractivity contribution in [3.05, 3.63) is 47.8 Å². The first-order chi connectivity index (χ1) is 8.76. The van der Waals surface area contributed by atoms with Gasteiger partial charge in [-0.3, -0.25) is 4.98 Å². The van der Waals surface area contributed by atoms with E-state index in [1.54, 1.807) is 7.11 Å². The number of methoxy groups -OCH3 is 1. The highest BCUT2D eigenvalue weighted by molar-refractivity contribution is 5.68. The molecule has 0 saturated carbocycles. The van der Waals surface area contributed by atoms with Crippen molar-refractivity contribution in [3.8, 4) is 16.9 Å². The Morgan fingerprint density at radius 2 is 2.11 bits per heavy atom. The van der Waals surface area contributed by atoms with E-state index in [1.165, 1.54) is 16.7 Å². The number of pyridine rings is 1. The highest BCUT2D eigenvalue weighted by atomic mass is 16.5. The van der Waals surface area contributed by atoms with Crippen LogP contribution < -0.4 is 10.1 Å². The summed E-state index contributed by atoms with van der Waals surface area (Å²) in [6.45, 7) is 2.87. The van der Waals surface area contributed by atoms with Gasteiger partial charge in [-0.05, 0) is 48.9 Å². The first kappa shape index (κ1) is 12.6. The van der Waals surface area contributed by atoms with E-state index in [0.717, 1.165) is 17.9 Å². The molecule has 0 fully saturated rings. The van der Waals surface area contributed by atoms with Crippen LogP contribution in [0.25, 0.3) is 11.1 Å². The molecule has 0 amide bonds. The highest BCUT2D eigenvalue weighted by Gasteiger charge is 2.06. The van der Waals surface area contributed by atoms with Crippen LogP contribution >= 0.6 is 0 Å². The van der Waals surface area contributed by atoms with Gasteiger partial charge in [-0.1, -0.05) is 6.07 Å². The second-order valence-electron chi connectivity index (χ2n) is 4.25.